The molecule has 90 valence electrons. The van der Waals surface area contributed by atoms with E-state index in [1.807, 2.05) is 11.4 Å². The highest BCUT2D eigenvalue weighted by molar-refractivity contribution is 7.10. The van der Waals surface area contributed by atoms with Crippen LogP contribution in [0.3, 0.4) is 0 Å². The van der Waals surface area contributed by atoms with E-state index in [0.29, 0.717) is 0 Å². The highest BCUT2D eigenvalue weighted by Gasteiger charge is 2.36. The molecule has 1 fully saturated rings. The molecule has 0 spiro atoms. The van der Waals surface area contributed by atoms with Crippen LogP contribution in [0.5, 0.6) is 0 Å². The van der Waals surface area contributed by atoms with Gasteiger partial charge >= 0.3 is 0 Å². The van der Waals surface area contributed by atoms with Crippen molar-refractivity contribution in [2.24, 2.45) is 0 Å². The summed E-state index contributed by atoms with van der Waals surface area (Å²) in [6.45, 7) is 5.27. The van der Waals surface area contributed by atoms with Crippen LogP contribution in [0.15, 0.2) is 11.4 Å². The summed E-state index contributed by atoms with van der Waals surface area (Å²) >= 11 is 7.67. The van der Waals surface area contributed by atoms with Crippen LogP contribution in [0.1, 0.15) is 31.1 Å². The molecule has 4 heteroatoms. The second-order valence-corrected chi connectivity index (χ2v) is 5.79. The predicted octanol–water partition coefficient (Wildman–Crippen LogP) is 3.09. The molecule has 1 aliphatic rings. The Balaban J connectivity index is 2.04. The lowest BCUT2D eigenvalue weighted by molar-refractivity contribution is -0.0227. The molecule has 0 radical (unpaired) electrons. The topological polar surface area (TPSA) is 23.5 Å². The van der Waals surface area contributed by atoms with Gasteiger partial charge in [0.25, 0.3) is 0 Å². The summed E-state index contributed by atoms with van der Waals surface area (Å²) in [6, 6.07) is 1.87. The summed E-state index contributed by atoms with van der Waals surface area (Å²) in [5.41, 5.74) is -0.685. The highest BCUT2D eigenvalue weighted by Crippen LogP contribution is 2.39. The van der Waals surface area contributed by atoms with Gasteiger partial charge in [0, 0.05) is 13.1 Å². The predicted molar refractivity (Wildman–Crippen MR) is 69.2 cm³/mol. The first kappa shape index (κ1) is 12.4. The van der Waals surface area contributed by atoms with Crippen LogP contribution in [0.4, 0.5) is 0 Å². The molecule has 0 bridgehead atoms. The normalized spacial score (nSPS) is 21.2. The number of thiophene rings is 1. The largest absolute Gasteiger partial charge is 0.384 e. The molecule has 2 rings (SSSR count). The van der Waals surface area contributed by atoms with E-state index in [4.69, 9.17) is 11.6 Å². The van der Waals surface area contributed by atoms with Gasteiger partial charge in [-0.1, -0.05) is 18.5 Å². The Hall–Kier alpha value is -0.0900. The first-order chi connectivity index (χ1) is 7.65. The number of hydrogen-bond donors (Lipinski definition) is 1. The Morgan fingerprint density at radius 3 is 2.69 bits per heavy atom. The Kier molecular flexibility index (Phi) is 3.90. The van der Waals surface area contributed by atoms with Gasteiger partial charge in [-0.15, -0.1) is 11.3 Å². The summed E-state index contributed by atoms with van der Waals surface area (Å²) in [7, 11) is 0. The quantitative estimate of drug-likeness (QED) is 0.902. The van der Waals surface area contributed by atoms with Gasteiger partial charge in [0.2, 0.25) is 0 Å². The van der Waals surface area contributed by atoms with Gasteiger partial charge in [-0.05, 0) is 37.3 Å². The number of nitrogens with zero attached hydrogens (tertiary/aromatic N) is 1. The van der Waals surface area contributed by atoms with Crippen molar-refractivity contribution in [3.63, 3.8) is 0 Å². The van der Waals surface area contributed by atoms with Crippen LogP contribution in [-0.4, -0.2) is 29.6 Å². The van der Waals surface area contributed by atoms with Gasteiger partial charge in [0.05, 0.1) is 9.90 Å². The maximum Gasteiger partial charge on any atom is 0.103 e. The second kappa shape index (κ2) is 5.05. The minimum Gasteiger partial charge on any atom is -0.384 e. The molecule has 1 aromatic heterocycles. The van der Waals surface area contributed by atoms with Gasteiger partial charge in [-0.2, -0.15) is 0 Å². The van der Waals surface area contributed by atoms with Crippen LogP contribution in [0.2, 0.25) is 5.02 Å². The van der Waals surface area contributed by atoms with Gasteiger partial charge in [-0.25, -0.2) is 0 Å². The minimum atomic E-state index is -0.685. The fraction of sp³-hybridized carbons (Fsp3) is 0.667. The maximum atomic E-state index is 10.6. The summed E-state index contributed by atoms with van der Waals surface area (Å²) in [5.74, 6) is 0. The average molecular weight is 260 g/mol. The molecule has 1 N–H and O–H groups in total. The van der Waals surface area contributed by atoms with Crippen molar-refractivity contribution in [2.75, 3.05) is 19.6 Å². The molecule has 1 saturated heterocycles. The van der Waals surface area contributed by atoms with Crippen LogP contribution < -0.4 is 0 Å². The highest BCUT2D eigenvalue weighted by atomic mass is 35.5. The zero-order valence-electron chi connectivity index (χ0n) is 9.58. The number of hydrogen-bond acceptors (Lipinski definition) is 3. The molecular weight excluding hydrogens is 242 g/mol. The minimum absolute atomic E-state index is 0.685. The number of piperidine rings is 1. The molecule has 1 aliphatic heterocycles. The number of halogens is 1. The van der Waals surface area contributed by atoms with E-state index in [2.05, 4.69) is 11.8 Å². The zero-order valence-corrected chi connectivity index (χ0v) is 11.2. The monoisotopic (exact) mass is 259 g/mol. The molecule has 0 aliphatic carbocycles. The van der Waals surface area contributed by atoms with Crippen molar-refractivity contribution in [3.8, 4) is 0 Å². The molecule has 0 amide bonds. The molecule has 0 aromatic carbocycles. The summed E-state index contributed by atoms with van der Waals surface area (Å²) in [6.07, 6.45) is 2.78. The number of aliphatic hydroxyl groups is 1. The van der Waals surface area contributed by atoms with Crippen LogP contribution in [0, 0.1) is 0 Å². The second-order valence-electron chi connectivity index (χ2n) is 4.47. The molecule has 0 unspecified atom stereocenters. The maximum absolute atomic E-state index is 10.6. The third-order valence-electron chi connectivity index (χ3n) is 3.26. The van der Waals surface area contributed by atoms with E-state index in [9.17, 15) is 5.11 Å². The van der Waals surface area contributed by atoms with E-state index in [1.54, 1.807) is 11.3 Å². The third-order valence-corrected chi connectivity index (χ3v) is 4.80. The Morgan fingerprint density at radius 2 is 2.19 bits per heavy atom. The smallest absolute Gasteiger partial charge is 0.103 e. The summed E-state index contributed by atoms with van der Waals surface area (Å²) in [5, 5.41) is 13.3. The Labute approximate surface area is 106 Å². The first-order valence-electron chi connectivity index (χ1n) is 5.84. The zero-order chi connectivity index (χ0) is 11.6. The summed E-state index contributed by atoms with van der Waals surface area (Å²) < 4.78 is 0. The fourth-order valence-corrected chi connectivity index (χ4v) is 3.71. The van der Waals surface area contributed by atoms with E-state index in [1.165, 1.54) is 6.42 Å². The number of rotatable bonds is 3. The lowest BCUT2D eigenvalue weighted by Gasteiger charge is -2.37. The first-order valence-corrected chi connectivity index (χ1v) is 7.09. The van der Waals surface area contributed by atoms with Crippen LogP contribution in [-0.2, 0) is 5.60 Å². The average Bonchev–Trinajstić information content (AvgIpc) is 2.69. The fourth-order valence-electron chi connectivity index (χ4n) is 2.32. The lowest BCUT2D eigenvalue weighted by atomic mass is 9.90. The molecule has 2 nitrogen and oxygen atoms in total. The Bertz CT molecular complexity index is 345. The summed E-state index contributed by atoms with van der Waals surface area (Å²) in [4.78, 5) is 3.36. The third kappa shape index (κ3) is 2.43. The van der Waals surface area contributed by atoms with E-state index in [-0.39, 0.29) is 0 Å². The lowest BCUT2D eigenvalue weighted by Crippen LogP contribution is -2.42. The molecule has 2 heterocycles. The van der Waals surface area contributed by atoms with Crippen molar-refractivity contribution in [2.45, 2.75) is 31.8 Å². The SMILES string of the molecule is CCCN1CCC(O)(c2sccc2Cl)CC1. The van der Waals surface area contributed by atoms with Crippen molar-refractivity contribution in [3.05, 3.63) is 21.3 Å². The van der Waals surface area contributed by atoms with Crippen LogP contribution >= 0.6 is 22.9 Å². The molecule has 1 aromatic rings. The van der Waals surface area contributed by atoms with Gasteiger partial charge < -0.3 is 10.0 Å². The van der Waals surface area contributed by atoms with E-state index in [0.717, 1.165) is 42.4 Å². The van der Waals surface area contributed by atoms with Gasteiger partial charge in [0.1, 0.15) is 5.60 Å². The number of likely N-dealkylation sites (tertiary alicyclic amines) is 1. The van der Waals surface area contributed by atoms with Crippen molar-refractivity contribution in [1.82, 2.24) is 4.90 Å². The molecule has 16 heavy (non-hydrogen) atoms. The molecular formula is C12H18ClNOS. The van der Waals surface area contributed by atoms with E-state index < -0.39 is 5.60 Å². The Morgan fingerprint density at radius 1 is 1.50 bits per heavy atom. The molecule has 0 saturated carbocycles. The van der Waals surface area contributed by atoms with Crippen molar-refractivity contribution < 1.29 is 5.11 Å². The van der Waals surface area contributed by atoms with Crippen molar-refractivity contribution >= 4 is 22.9 Å². The van der Waals surface area contributed by atoms with E-state index >= 15 is 0 Å². The van der Waals surface area contributed by atoms with Gasteiger partial charge in [0.15, 0.2) is 0 Å². The van der Waals surface area contributed by atoms with Crippen molar-refractivity contribution in [1.29, 1.82) is 0 Å². The van der Waals surface area contributed by atoms with Crippen LogP contribution in [0.25, 0.3) is 0 Å². The van der Waals surface area contributed by atoms with Gasteiger partial charge in [-0.3, -0.25) is 0 Å². The molecule has 0 atom stereocenters. The standard InChI is InChI=1S/C12H18ClNOS/c1-2-6-14-7-4-12(15,5-8-14)11-10(13)3-9-16-11/h3,9,15H,2,4-8H2,1H3.